The molecule has 3 heteroatoms. The minimum Gasteiger partial charge on any atom is -0.315 e. The molecule has 0 radical (unpaired) electrons. The molecule has 0 saturated carbocycles. The molecule has 2 rings (SSSR count). The molecule has 1 saturated heterocycles. The van der Waals surface area contributed by atoms with Crippen molar-refractivity contribution in [3.8, 4) is 0 Å². The number of rotatable bonds is 3. The fourth-order valence-electron chi connectivity index (χ4n) is 2.68. The topological polar surface area (TPSA) is 15.3 Å². The quantitative estimate of drug-likeness (QED) is 0.904. The van der Waals surface area contributed by atoms with Crippen LogP contribution in [0.4, 0.5) is 0 Å². The Morgan fingerprint density at radius 1 is 1.44 bits per heavy atom. The highest BCUT2D eigenvalue weighted by molar-refractivity contribution is 6.30. The standard InChI is InChI=1S/C15H23ClN2/c1-12(2)15-10-17-7-4-8-18(15)11-13-5-3-6-14(16)9-13/h3,5-6,9,12,15,17H,4,7-8,10-11H2,1-2H3. The Labute approximate surface area is 115 Å². The lowest BCUT2D eigenvalue weighted by Crippen LogP contribution is -2.42. The Morgan fingerprint density at radius 2 is 2.28 bits per heavy atom. The van der Waals surface area contributed by atoms with Gasteiger partial charge in [-0.3, -0.25) is 4.90 Å². The summed E-state index contributed by atoms with van der Waals surface area (Å²) in [6, 6.07) is 8.85. The number of halogens is 1. The lowest BCUT2D eigenvalue weighted by molar-refractivity contribution is 0.158. The molecular formula is C15H23ClN2. The van der Waals surface area contributed by atoms with Gasteiger partial charge in [-0.05, 0) is 36.6 Å². The van der Waals surface area contributed by atoms with E-state index in [9.17, 15) is 0 Å². The van der Waals surface area contributed by atoms with Gasteiger partial charge >= 0.3 is 0 Å². The molecule has 1 heterocycles. The first-order valence-corrected chi connectivity index (χ1v) is 7.24. The van der Waals surface area contributed by atoms with Gasteiger partial charge in [0.05, 0.1) is 0 Å². The summed E-state index contributed by atoms with van der Waals surface area (Å²) >= 11 is 6.06. The van der Waals surface area contributed by atoms with Crippen LogP contribution >= 0.6 is 11.6 Å². The molecule has 0 aromatic heterocycles. The van der Waals surface area contributed by atoms with Crippen molar-refractivity contribution in [2.45, 2.75) is 32.9 Å². The Hall–Kier alpha value is -0.570. The second-order valence-electron chi connectivity index (χ2n) is 5.47. The van der Waals surface area contributed by atoms with Gasteiger partial charge < -0.3 is 5.32 Å². The molecule has 1 atom stereocenters. The molecule has 1 aliphatic rings. The predicted octanol–water partition coefficient (Wildman–Crippen LogP) is 3.16. The van der Waals surface area contributed by atoms with Crippen LogP contribution in [0.1, 0.15) is 25.8 Å². The summed E-state index contributed by atoms with van der Waals surface area (Å²) in [5.74, 6) is 0.676. The van der Waals surface area contributed by atoms with Gasteiger partial charge in [0, 0.05) is 30.7 Å². The van der Waals surface area contributed by atoms with Crippen LogP contribution in [0.2, 0.25) is 5.02 Å². The third-order valence-electron chi connectivity index (χ3n) is 3.67. The van der Waals surface area contributed by atoms with Crippen molar-refractivity contribution < 1.29 is 0 Å². The van der Waals surface area contributed by atoms with Crippen molar-refractivity contribution >= 4 is 11.6 Å². The summed E-state index contributed by atoms with van der Waals surface area (Å²) in [4.78, 5) is 2.59. The average Bonchev–Trinajstić information content (AvgIpc) is 2.54. The zero-order chi connectivity index (χ0) is 13.0. The van der Waals surface area contributed by atoms with E-state index in [1.54, 1.807) is 0 Å². The van der Waals surface area contributed by atoms with Crippen molar-refractivity contribution in [2.75, 3.05) is 19.6 Å². The number of nitrogens with one attached hydrogen (secondary N) is 1. The van der Waals surface area contributed by atoms with Gasteiger partial charge in [-0.2, -0.15) is 0 Å². The van der Waals surface area contributed by atoms with Crippen LogP contribution in [0.5, 0.6) is 0 Å². The Kier molecular flexibility index (Phi) is 5.04. The zero-order valence-electron chi connectivity index (χ0n) is 11.3. The molecule has 0 aliphatic carbocycles. The second kappa shape index (κ2) is 6.55. The van der Waals surface area contributed by atoms with E-state index in [0.717, 1.165) is 24.7 Å². The zero-order valence-corrected chi connectivity index (χ0v) is 12.1. The minimum atomic E-state index is 0.617. The lowest BCUT2D eigenvalue weighted by atomic mass is 10.0. The van der Waals surface area contributed by atoms with Crippen LogP contribution in [-0.2, 0) is 6.54 Å². The number of hydrogen-bond acceptors (Lipinski definition) is 2. The highest BCUT2D eigenvalue weighted by atomic mass is 35.5. The average molecular weight is 267 g/mol. The van der Waals surface area contributed by atoms with Gasteiger partial charge in [0.15, 0.2) is 0 Å². The first-order valence-electron chi connectivity index (χ1n) is 6.86. The largest absolute Gasteiger partial charge is 0.315 e. The van der Waals surface area contributed by atoms with Gasteiger partial charge in [0.1, 0.15) is 0 Å². The van der Waals surface area contributed by atoms with Crippen LogP contribution in [0.3, 0.4) is 0 Å². The third-order valence-corrected chi connectivity index (χ3v) is 3.90. The molecule has 0 spiro atoms. The first-order chi connectivity index (χ1) is 8.66. The SMILES string of the molecule is CC(C)C1CNCCCN1Cc1cccc(Cl)c1. The number of hydrogen-bond donors (Lipinski definition) is 1. The maximum absolute atomic E-state index is 6.06. The minimum absolute atomic E-state index is 0.617. The van der Waals surface area contributed by atoms with Crippen LogP contribution < -0.4 is 5.32 Å². The first kappa shape index (κ1) is 13.9. The smallest absolute Gasteiger partial charge is 0.0409 e. The molecule has 0 bridgehead atoms. The fraction of sp³-hybridized carbons (Fsp3) is 0.600. The van der Waals surface area contributed by atoms with Gasteiger partial charge in [0.2, 0.25) is 0 Å². The summed E-state index contributed by atoms with van der Waals surface area (Å²) in [6.07, 6.45) is 1.23. The van der Waals surface area contributed by atoms with Crippen LogP contribution in [0.25, 0.3) is 0 Å². The molecule has 1 unspecified atom stereocenters. The van der Waals surface area contributed by atoms with Gasteiger partial charge in [-0.1, -0.05) is 37.6 Å². The van der Waals surface area contributed by atoms with Crippen LogP contribution in [0, 0.1) is 5.92 Å². The molecule has 2 nitrogen and oxygen atoms in total. The third kappa shape index (κ3) is 3.71. The fourth-order valence-corrected chi connectivity index (χ4v) is 2.89. The maximum Gasteiger partial charge on any atom is 0.0409 e. The van der Waals surface area contributed by atoms with Gasteiger partial charge in [-0.15, -0.1) is 0 Å². The van der Waals surface area contributed by atoms with Gasteiger partial charge in [-0.25, -0.2) is 0 Å². The molecule has 0 amide bonds. The normalized spacial score (nSPS) is 22.1. The lowest BCUT2D eigenvalue weighted by Gasteiger charge is -2.32. The van der Waals surface area contributed by atoms with Crippen molar-refractivity contribution in [1.82, 2.24) is 10.2 Å². The van der Waals surface area contributed by atoms with E-state index in [1.165, 1.54) is 18.5 Å². The predicted molar refractivity (Wildman–Crippen MR) is 78.0 cm³/mol. The van der Waals surface area contributed by atoms with Crippen molar-refractivity contribution in [1.29, 1.82) is 0 Å². The van der Waals surface area contributed by atoms with E-state index < -0.39 is 0 Å². The van der Waals surface area contributed by atoms with E-state index in [2.05, 4.69) is 36.2 Å². The van der Waals surface area contributed by atoms with E-state index in [0.29, 0.717) is 12.0 Å². The van der Waals surface area contributed by atoms with Crippen molar-refractivity contribution in [3.63, 3.8) is 0 Å². The highest BCUT2D eigenvalue weighted by Crippen LogP contribution is 2.18. The molecule has 18 heavy (non-hydrogen) atoms. The molecule has 1 aromatic rings. The van der Waals surface area contributed by atoms with Crippen LogP contribution in [0.15, 0.2) is 24.3 Å². The van der Waals surface area contributed by atoms with E-state index >= 15 is 0 Å². The Bertz CT molecular complexity index is 379. The van der Waals surface area contributed by atoms with E-state index in [4.69, 9.17) is 11.6 Å². The van der Waals surface area contributed by atoms with Gasteiger partial charge in [0.25, 0.3) is 0 Å². The van der Waals surface area contributed by atoms with E-state index in [-0.39, 0.29) is 0 Å². The Morgan fingerprint density at radius 3 is 3.00 bits per heavy atom. The molecule has 1 N–H and O–H groups in total. The molecular weight excluding hydrogens is 244 g/mol. The van der Waals surface area contributed by atoms with Crippen molar-refractivity contribution in [2.24, 2.45) is 5.92 Å². The van der Waals surface area contributed by atoms with E-state index in [1.807, 2.05) is 12.1 Å². The summed E-state index contributed by atoms with van der Waals surface area (Å²) in [5, 5.41) is 4.37. The summed E-state index contributed by atoms with van der Waals surface area (Å²) in [7, 11) is 0. The monoisotopic (exact) mass is 266 g/mol. The summed E-state index contributed by atoms with van der Waals surface area (Å²) in [5.41, 5.74) is 1.31. The number of benzene rings is 1. The molecule has 1 aliphatic heterocycles. The Balaban J connectivity index is 2.08. The summed E-state index contributed by atoms with van der Waals surface area (Å²) < 4.78 is 0. The molecule has 1 fully saturated rings. The second-order valence-corrected chi connectivity index (χ2v) is 5.91. The van der Waals surface area contributed by atoms with Crippen molar-refractivity contribution in [3.05, 3.63) is 34.9 Å². The highest BCUT2D eigenvalue weighted by Gasteiger charge is 2.23. The molecule has 100 valence electrons. The number of nitrogens with zero attached hydrogens (tertiary/aromatic N) is 1. The maximum atomic E-state index is 6.06. The molecule has 1 aromatic carbocycles. The summed E-state index contributed by atoms with van der Waals surface area (Å²) in [6.45, 7) is 9.02. The van der Waals surface area contributed by atoms with Crippen LogP contribution in [-0.4, -0.2) is 30.6 Å².